The zero-order chi connectivity index (χ0) is 27.2. The molecule has 2 atom stereocenters. The number of hydrogen-bond donors (Lipinski definition) is 3. The number of benzene rings is 2. The summed E-state index contributed by atoms with van der Waals surface area (Å²) < 4.78 is 5.33. The zero-order valence-corrected chi connectivity index (χ0v) is 23.5. The number of amides is 3. The molecule has 0 aliphatic rings. The number of carbonyl (C=O) groups excluding carboxylic acids is 3. The van der Waals surface area contributed by atoms with Crippen molar-refractivity contribution in [2.24, 2.45) is 0 Å². The number of ether oxygens (including phenoxy) is 1. The first-order valence-electron chi connectivity index (χ1n) is 12.1. The van der Waals surface area contributed by atoms with Gasteiger partial charge in [0.2, 0.25) is 5.91 Å². The van der Waals surface area contributed by atoms with E-state index in [4.69, 9.17) is 4.74 Å². The molecule has 0 aromatic heterocycles. The normalized spacial score (nSPS) is 12.9. The maximum Gasteiger partial charge on any atom is 0.408 e. The third-order valence-electron chi connectivity index (χ3n) is 5.81. The van der Waals surface area contributed by atoms with Crippen molar-refractivity contribution in [2.75, 3.05) is 17.6 Å². The molecule has 3 amide bonds. The lowest BCUT2D eigenvalue weighted by molar-refractivity contribution is -0.140. The number of aryl methyl sites for hydroxylation is 4. The standard InChI is InChI=1S/C28H39N3O4S/c1-9-31(26(33)22(16-36)29-27(34)35-28(6,7)8)24(21-15-17(2)13-14-18(21)3)25(32)30-23-19(4)11-10-12-20(23)5/h10-15,22,24,36H,9,16H2,1-8H3,(H,29,34)(H,30,32). The number of anilines is 1. The molecule has 0 saturated heterocycles. The number of nitrogens with one attached hydrogen (secondary N) is 2. The molecule has 0 heterocycles. The Hall–Kier alpha value is -3.00. The summed E-state index contributed by atoms with van der Waals surface area (Å²) in [5.74, 6) is -0.695. The fraction of sp³-hybridized carbons (Fsp3) is 0.464. The first-order chi connectivity index (χ1) is 16.8. The van der Waals surface area contributed by atoms with Gasteiger partial charge in [0, 0.05) is 18.0 Å². The van der Waals surface area contributed by atoms with E-state index < -0.39 is 29.7 Å². The van der Waals surface area contributed by atoms with Crippen LogP contribution in [0.4, 0.5) is 10.5 Å². The van der Waals surface area contributed by atoms with Crippen LogP contribution in [0.2, 0.25) is 0 Å². The van der Waals surface area contributed by atoms with Gasteiger partial charge in [-0.3, -0.25) is 9.59 Å². The van der Waals surface area contributed by atoms with Crippen LogP contribution in [0.15, 0.2) is 36.4 Å². The molecule has 2 N–H and O–H groups in total. The minimum Gasteiger partial charge on any atom is -0.444 e. The van der Waals surface area contributed by atoms with Gasteiger partial charge in [0.1, 0.15) is 17.7 Å². The Kier molecular flexibility index (Phi) is 9.99. The van der Waals surface area contributed by atoms with E-state index in [-0.39, 0.29) is 18.2 Å². The number of hydrogen-bond acceptors (Lipinski definition) is 5. The van der Waals surface area contributed by atoms with Crippen molar-refractivity contribution >= 4 is 36.2 Å². The van der Waals surface area contributed by atoms with E-state index in [1.807, 2.05) is 71.0 Å². The molecule has 196 valence electrons. The number of thiol groups is 1. The van der Waals surface area contributed by atoms with Crippen LogP contribution < -0.4 is 10.6 Å². The van der Waals surface area contributed by atoms with Crippen molar-refractivity contribution in [3.05, 3.63) is 64.2 Å². The van der Waals surface area contributed by atoms with Crippen LogP contribution in [-0.2, 0) is 14.3 Å². The van der Waals surface area contributed by atoms with Gasteiger partial charge in [-0.1, -0.05) is 42.0 Å². The van der Waals surface area contributed by atoms with Crippen molar-refractivity contribution in [3.63, 3.8) is 0 Å². The average Bonchev–Trinajstić information content (AvgIpc) is 2.78. The highest BCUT2D eigenvalue weighted by Gasteiger charge is 2.36. The lowest BCUT2D eigenvalue weighted by Crippen LogP contribution is -2.53. The van der Waals surface area contributed by atoms with Gasteiger partial charge < -0.3 is 20.3 Å². The largest absolute Gasteiger partial charge is 0.444 e. The molecule has 2 unspecified atom stereocenters. The highest BCUT2D eigenvalue weighted by molar-refractivity contribution is 7.80. The molecular formula is C28H39N3O4S. The molecule has 36 heavy (non-hydrogen) atoms. The molecule has 0 bridgehead atoms. The van der Waals surface area contributed by atoms with Crippen LogP contribution in [0.3, 0.4) is 0 Å². The smallest absolute Gasteiger partial charge is 0.408 e. The van der Waals surface area contributed by atoms with Gasteiger partial charge in [0.25, 0.3) is 5.91 Å². The van der Waals surface area contributed by atoms with Gasteiger partial charge in [-0.25, -0.2) is 4.79 Å². The Morgan fingerprint density at radius 3 is 2.14 bits per heavy atom. The summed E-state index contributed by atoms with van der Waals surface area (Å²) in [6.45, 7) is 15.0. The van der Waals surface area contributed by atoms with Crippen LogP contribution in [0, 0.1) is 27.7 Å². The Bertz CT molecular complexity index is 1090. The molecule has 0 aliphatic carbocycles. The van der Waals surface area contributed by atoms with E-state index in [0.717, 1.165) is 33.5 Å². The fourth-order valence-corrected chi connectivity index (χ4v) is 4.26. The number of para-hydroxylation sites is 1. The van der Waals surface area contributed by atoms with Crippen LogP contribution in [-0.4, -0.2) is 46.7 Å². The van der Waals surface area contributed by atoms with E-state index in [9.17, 15) is 14.4 Å². The number of alkyl carbamates (subject to hydrolysis) is 1. The molecule has 0 aliphatic heterocycles. The minimum absolute atomic E-state index is 0.0482. The van der Waals surface area contributed by atoms with Crippen LogP contribution >= 0.6 is 12.6 Å². The Labute approximate surface area is 220 Å². The van der Waals surface area contributed by atoms with Crippen molar-refractivity contribution < 1.29 is 19.1 Å². The van der Waals surface area contributed by atoms with E-state index in [1.165, 1.54) is 4.90 Å². The van der Waals surface area contributed by atoms with E-state index in [1.54, 1.807) is 20.8 Å². The highest BCUT2D eigenvalue weighted by atomic mass is 32.1. The molecule has 2 aromatic carbocycles. The van der Waals surface area contributed by atoms with Crippen molar-refractivity contribution in [1.82, 2.24) is 10.2 Å². The van der Waals surface area contributed by atoms with E-state index >= 15 is 0 Å². The van der Waals surface area contributed by atoms with Crippen molar-refractivity contribution in [2.45, 2.75) is 73.1 Å². The second kappa shape index (κ2) is 12.3. The molecule has 8 heteroatoms. The SMILES string of the molecule is CCN(C(=O)C(CS)NC(=O)OC(C)(C)C)C(C(=O)Nc1c(C)cccc1C)c1cc(C)ccc1C. The maximum atomic E-state index is 13.9. The average molecular weight is 514 g/mol. The predicted molar refractivity (Wildman–Crippen MR) is 148 cm³/mol. The predicted octanol–water partition coefficient (Wildman–Crippen LogP) is 5.27. The van der Waals surface area contributed by atoms with Gasteiger partial charge >= 0.3 is 6.09 Å². The quantitative estimate of drug-likeness (QED) is 0.420. The number of likely N-dealkylation sites (N-methyl/N-ethyl adjacent to an activating group) is 1. The zero-order valence-electron chi connectivity index (χ0n) is 22.6. The van der Waals surface area contributed by atoms with Crippen LogP contribution in [0.25, 0.3) is 0 Å². The van der Waals surface area contributed by atoms with Crippen molar-refractivity contribution in [3.8, 4) is 0 Å². The number of rotatable bonds is 8. The Morgan fingerprint density at radius 1 is 1.00 bits per heavy atom. The van der Waals surface area contributed by atoms with Gasteiger partial charge in [0.15, 0.2) is 0 Å². The lowest BCUT2D eigenvalue weighted by Gasteiger charge is -2.34. The summed E-state index contributed by atoms with van der Waals surface area (Å²) >= 11 is 4.31. The molecule has 7 nitrogen and oxygen atoms in total. The van der Waals surface area contributed by atoms with Crippen molar-refractivity contribution in [1.29, 1.82) is 0 Å². The first-order valence-corrected chi connectivity index (χ1v) is 12.8. The summed E-state index contributed by atoms with van der Waals surface area (Å²) in [5, 5.41) is 5.67. The molecule has 0 spiro atoms. The molecule has 0 saturated carbocycles. The molecule has 2 rings (SSSR count). The summed E-state index contributed by atoms with van der Waals surface area (Å²) in [4.78, 5) is 41.5. The summed E-state index contributed by atoms with van der Waals surface area (Å²) in [7, 11) is 0. The van der Waals surface area contributed by atoms with Gasteiger partial charge in [-0.05, 0) is 77.6 Å². The molecule has 2 aromatic rings. The Balaban J connectivity index is 2.50. The first kappa shape index (κ1) is 29.2. The van der Waals surface area contributed by atoms with Crippen LogP contribution in [0.5, 0.6) is 0 Å². The van der Waals surface area contributed by atoms with Gasteiger partial charge in [0.05, 0.1) is 0 Å². The maximum absolute atomic E-state index is 13.9. The van der Waals surface area contributed by atoms with Gasteiger partial charge in [-0.2, -0.15) is 12.6 Å². The third kappa shape index (κ3) is 7.50. The monoisotopic (exact) mass is 513 g/mol. The number of carbonyl (C=O) groups is 3. The van der Waals surface area contributed by atoms with E-state index in [0.29, 0.717) is 0 Å². The Morgan fingerprint density at radius 2 is 1.61 bits per heavy atom. The summed E-state index contributed by atoms with van der Waals surface area (Å²) in [6, 6.07) is 9.75. The minimum atomic E-state index is -0.969. The van der Waals surface area contributed by atoms with Gasteiger partial charge in [-0.15, -0.1) is 0 Å². The molecule has 0 radical (unpaired) electrons. The molecular weight excluding hydrogens is 474 g/mol. The lowest BCUT2D eigenvalue weighted by atomic mass is 9.96. The highest BCUT2D eigenvalue weighted by Crippen LogP contribution is 2.29. The fourth-order valence-electron chi connectivity index (χ4n) is 4.01. The second-order valence-corrected chi connectivity index (χ2v) is 10.4. The van der Waals surface area contributed by atoms with Crippen LogP contribution in [0.1, 0.15) is 61.6 Å². The summed E-state index contributed by atoms with van der Waals surface area (Å²) in [5.41, 5.74) is 4.45. The summed E-state index contributed by atoms with van der Waals surface area (Å²) in [6.07, 6.45) is -0.714. The topological polar surface area (TPSA) is 87.7 Å². The molecule has 0 fully saturated rings. The third-order valence-corrected chi connectivity index (χ3v) is 6.18. The van der Waals surface area contributed by atoms with E-state index in [2.05, 4.69) is 23.3 Å². The second-order valence-electron chi connectivity index (χ2n) is 10.0. The number of nitrogens with zero attached hydrogens (tertiary/aromatic N) is 1.